The number of carbonyl (C=O) groups is 2. The molecule has 2 rings (SSSR count). The third-order valence-corrected chi connectivity index (χ3v) is 4.33. The van der Waals surface area contributed by atoms with Gasteiger partial charge in [-0.1, -0.05) is 41.6 Å². The summed E-state index contributed by atoms with van der Waals surface area (Å²) in [5.41, 5.74) is 0.902. The monoisotopic (exact) mass is 378 g/mol. The van der Waals surface area contributed by atoms with E-state index in [4.69, 9.17) is 16.3 Å². The number of hydrogen-bond donors (Lipinski definition) is 0. The molecular weight excluding hydrogens is 360 g/mol. The molecule has 1 aromatic carbocycles. The number of ether oxygens (including phenoxy) is 1. The molecule has 1 aromatic heterocycles. The van der Waals surface area contributed by atoms with Crippen LogP contribution in [0.4, 0.5) is 0 Å². The maximum Gasteiger partial charge on any atom is 0.317 e. The summed E-state index contributed by atoms with van der Waals surface area (Å²) in [7, 11) is 0. The zero-order valence-corrected chi connectivity index (χ0v) is 15.8. The van der Waals surface area contributed by atoms with E-state index in [2.05, 4.69) is 9.97 Å². The molecule has 0 saturated carbocycles. The van der Waals surface area contributed by atoms with E-state index in [1.165, 1.54) is 24.0 Å². The third kappa shape index (κ3) is 5.28. The zero-order valence-electron chi connectivity index (χ0n) is 14.2. The minimum Gasteiger partial charge on any atom is -0.462 e. The maximum atomic E-state index is 12.9. The van der Waals surface area contributed by atoms with E-state index in [-0.39, 0.29) is 18.2 Å². The lowest BCUT2D eigenvalue weighted by atomic mass is 9.93. The highest BCUT2D eigenvalue weighted by Crippen LogP contribution is 2.22. The van der Waals surface area contributed by atoms with Crippen molar-refractivity contribution in [1.82, 2.24) is 9.97 Å². The van der Waals surface area contributed by atoms with Crippen molar-refractivity contribution >= 4 is 35.1 Å². The Morgan fingerprint density at radius 2 is 1.96 bits per heavy atom. The Bertz CT molecular complexity index is 767. The first kappa shape index (κ1) is 19.4. The van der Waals surface area contributed by atoms with Gasteiger partial charge in [0.05, 0.1) is 6.10 Å². The molecule has 0 aliphatic carbocycles. The van der Waals surface area contributed by atoms with Crippen molar-refractivity contribution in [2.75, 3.05) is 6.26 Å². The number of thioether (sulfide) groups is 1. The van der Waals surface area contributed by atoms with Crippen molar-refractivity contribution in [2.45, 2.75) is 31.5 Å². The standard InChI is InChI=1S/C18H19ClN2O3S/c1-11(2)24-17(23)13(10-12-6-4-5-7-14(12)19)16(22)15-8-9-20-18(21-15)25-3/h4-9,11,13H,10H2,1-3H3. The fourth-order valence-electron chi connectivity index (χ4n) is 2.24. The number of ketones is 1. The fourth-order valence-corrected chi connectivity index (χ4v) is 2.81. The average molecular weight is 379 g/mol. The summed E-state index contributed by atoms with van der Waals surface area (Å²) in [6, 6.07) is 8.63. The van der Waals surface area contributed by atoms with Crippen molar-refractivity contribution in [3.05, 3.63) is 52.8 Å². The highest BCUT2D eigenvalue weighted by Gasteiger charge is 2.31. The summed E-state index contributed by atoms with van der Waals surface area (Å²) in [5, 5.41) is 0.977. The molecule has 132 valence electrons. The lowest BCUT2D eigenvalue weighted by molar-refractivity contribution is -0.150. The molecule has 0 amide bonds. The molecule has 0 aliphatic rings. The van der Waals surface area contributed by atoms with Gasteiger partial charge in [0.15, 0.2) is 10.9 Å². The maximum absolute atomic E-state index is 12.9. The van der Waals surface area contributed by atoms with Crippen molar-refractivity contribution in [3.8, 4) is 0 Å². The van der Waals surface area contributed by atoms with E-state index in [0.29, 0.717) is 15.7 Å². The van der Waals surface area contributed by atoms with Gasteiger partial charge in [0, 0.05) is 11.2 Å². The van der Waals surface area contributed by atoms with Gasteiger partial charge < -0.3 is 4.74 Å². The summed E-state index contributed by atoms with van der Waals surface area (Å²) in [6.07, 6.45) is 3.16. The number of carbonyl (C=O) groups excluding carboxylic acids is 2. The Labute approximate surface area is 156 Å². The predicted octanol–water partition coefficient (Wildman–Crippen LogP) is 3.85. The number of benzene rings is 1. The van der Waals surface area contributed by atoms with Crippen LogP contribution >= 0.6 is 23.4 Å². The molecule has 0 N–H and O–H groups in total. The quantitative estimate of drug-likeness (QED) is 0.240. The normalized spacial score (nSPS) is 12.0. The van der Waals surface area contributed by atoms with Gasteiger partial charge in [0.1, 0.15) is 11.6 Å². The second-order valence-electron chi connectivity index (χ2n) is 5.63. The number of rotatable bonds is 7. The Balaban J connectivity index is 2.34. The summed E-state index contributed by atoms with van der Waals surface area (Å²) < 4.78 is 5.27. The number of esters is 1. The SMILES string of the molecule is CSc1nccc(C(=O)C(Cc2ccccc2Cl)C(=O)OC(C)C)n1. The van der Waals surface area contributed by atoms with Gasteiger partial charge in [-0.2, -0.15) is 0 Å². The van der Waals surface area contributed by atoms with Gasteiger partial charge in [-0.3, -0.25) is 9.59 Å². The molecule has 0 bridgehead atoms. The number of halogens is 1. The van der Waals surface area contributed by atoms with E-state index in [1.807, 2.05) is 12.3 Å². The second-order valence-corrected chi connectivity index (χ2v) is 6.81. The van der Waals surface area contributed by atoms with Gasteiger partial charge in [-0.05, 0) is 44.2 Å². The Kier molecular flexibility index (Phi) is 6.96. The molecule has 5 nitrogen and oxygen atoms in total. The molecule has 0 radical (unpaired) electrons. The Hall–Kier alpha value is -1.92. The molecule has 1 atom stereocenters. The van der Waals surface area contributed by atoms with Crippen LogP contribution in [0.1, 0.15) is 29.9 Å². The van der Waals surface area contributed by atoms with Crippen LogP contribution in [-0.4, -0.2) is 34.1 Å². The predicted molar refractivity (Wildman–Crippen MR) is 98.0 cm³/mol. The Morgan fingerprint density at radius 3 is 2.60 bits per heavy atom. The minimum absolute atomic E-state index is 0.155. The van der Waals surface area contributed by atoms with E-state index >= 15 is 0 Å². The van der Waals surface area contributed by atoms with Crippen LogP contribution in [0, 0.1) is 5.92 Å². The smallest absolute Gasteiger partial charge is 0.317 e. The molecule has 2 aromatic rings. The molecule has 1 unspecified atom stereocenters. The van der Waals surface area contributed by atoms with E-state index in [1.54, 1.807) is 32.0 Å². The molecule has 0 saturated heterocycles. The number of aromatic nitrogens is 2. The summed E-state index contributed by atoms with van der Waals surface area (Å²) >= 11 is 7.51. The molecular formula is C18H19ClN2O3S. The van der Waals surface area contributed by atoms with Gasteiger partial charge in [-0.15, -0.1) is 0 Å². The molecule has 0 fully saturated rings. The lowest BCUT2D eigenvalue weighted by Crippen LogP contribution is -2.30. The first-order valence-corrected chi connectivity index (χ1v) is 9.37. The van der Waals surface area contributed by atoms with Gasteiger partial charge in [0.25, 0.3) is 0 Å². The van der Waals surface area contributed by atoms with Gasteiger partial charge in [-0.25, -0.2) is 9.97 Å². The molecule has 7 heteroatoms. The first-order valence-electron chi connectivity index (χ1n) is 7.77. The topological polar surface area (TPSA) is 69.2 Å². The third-order valence-electron chi connectivity index (χ3n) is 3.40. The van der Waals surface area contributed by atoms with Crippen LogP contribution in [0.3, 0.4) is 0 Å². The highest BCUT2D eigenvalue weighted by molar-refractivity contribution is 7.98. The average Bonchev–Trinajstić information content (AvgIpc) is 2.59. The Morgan fingerprint density at radius 1 is 1.24 bits per heavy atom. The van der Waals surface area contributed by atoms with E-state index in [9.17, 15) is 9.59 Å². The number of hydrogen-bond acceptors (Lipinski definition) is 6. The summed E-state index contributed by atoms with van der Waals surface area (Å²) in [6.45, 7) is 3.48. The highest BCUT2D eigenvalue weighted by atomic mass is 35.5. The van der Waals surface area contributed by atoms with Crippen LogP contribution in [0.15, 0.2) is 41.7 Å². The molecule has 1 heterocycles. The summed E-state index contributed by atoms with van der Waals surface area (Å²) in [4.78, 5) is 33.7. The molecule has 0 spiro atoms. The van der Waals surface area contributed by atoms with Gasteiger partial charge >= 0.3 is 5.97 Å². The van der Waals surface area contributed by atoms with Crippen molar-refractivity contribution in [3.63, 3.8) is 0 Å². The van der Waals surface area contributed by atoms with Gasteiger partial charge in [0.2, 0.25) is 0 Å². The zero-order chi connectivity index (χ0) is 18.4. The molecule has 0 aliphatic heterocycles. The van der Waals surface area contributed by atoms with E-state index in [0.717, 1.165) is 0 Å². The number of nitrogens with zero attached hydrogens (tertiary/aromatic N) is 2. The second kappa shape index (κ2) is 8.97. The van der Waals surface area contributed by atoms with Crippen LogP contribution in [0.25, 0.3) is 0 Å². The van der Waals surface area contributed by atoms with Crippen LogP contribution < -0.4 is 0 Å². The van der Waals surface area contributed by atoms with Crippen LogP contribution in [0.2, 0.25) is 5.02 Å². The number of Topliss-reactive ketones (excluding diaryl/α,β-unsaturated/α-hetero) is 1. The van der Waals surface area contributed by atoms with Crippen LogP contribution in [0.5, 0.6) is 0 Å². The largest absolute Gasteiger partial charge is 0.462 e. The van der Waals surface area contributed by atoms with E-state index < -0.39 is 17.7 Å². The molecule has 25 heavy (non-hydrogen) atoms. The van der Waals surface area contributed by atoms with Crippen LogP contribution in [-0.2, 0) is 16.0 Å². The minimum atomic E-state index is -1.01. The summed E-state index contributed by atoms with van der Waals surface area (Å²) in [5.74, 6) is -1.99. The van der Waals surface area contributed by atoms with Crippen molar-refractivity contribution < 1.29 is 14.3 Å². The van der Waals surface area contributed by atoms with Crippen molar-refractivity contribution in [1.29, 1.82) is 0 Å². The fraction of sp³-hybridized carbons (Fsp3) is 0.333. The van der Waals surface area contributed by atoms with Crippen molar-refractivity contribution in [2.24, 2.45) is 5.92 Å². The lowest BCUT2D eigenvalue weighted by Gasteiger charge is -2.17. The first-order chi connectivity index (χ1) is 11.9.